The largest absolute Gasteiger partial charge is 0.353 e. The van der Waals surface area contributed by atoms with Crippen LogP contribution in [0.2, 0.25) is 0 Å². The molecule has 0 spiro atoms. The molecule has 3 amide bonds. The van der Waals surface area contributed by atoms with Gasteiger partial charge in [0.25, 0.3) is 11.1 Å². The monoisotopic (exact) mass is 477 g/mol. The predicted octanol–water partition coefficient (Wildman–Crippen LogP) is 4.19. The summed E-state index contributed by atoms with van der Waals surface area (Å²) in [5.41, 5.74) is 4.76. The fourth-order valence-corrected chi connectivity index (χ4v) is 5.04. The average Bonchev–Trinajstić information content (AvgIpc) is 3.06. The molecule has 0 unspecified atom stereocenters. The third kappa shape index (κ3) is 5.77. The van der Waals surface area contributed by atoms with Gasteiger partial charge in [-0.15, -0.1) is 0 Å². The zero-order valence-corrected chi connectivity index (χ0v) is 20.8. The number of carbonyl (C=O) groups is 3. The van der Waals surface area contributed by atoms with Crippen molar-refractivity contribution in [1.82, 2.24) is 15.1 Å². The Kier molecular flexibility index (Phi) is 7.24. The quantitative estimate of drug-likeness (QED) is 0.632. The van der Waals surface area contributed by atoms with Crippen molar-refractivity contribution >= 4 is 34.9 Å². The molecule has 0 radical (unpaired) electrons. The van der Waals surface area contributed by atoms with Crippen molar-refractivity contribution in [3.63, 3.8) is 0 Å². The van der Waals surface area contributed by atoms with Gasteiger partial charge in [0.15, 0.2) is 0 Å². The molecule has 2 aromatic carbocycles. The third-order valence-electron chi connectivity index (χ3n) is 6.18. The molecule has 1 N–H and O–H groups in total. The average molecular weight is 478 g/mol. The van der Waals surface area contributed by atoms with Crippen LogP contribution in [-0.2, 0) is 28.0 Å². The molecule has 6 nitrogen and oxygen atoms in total. The van der Waals surface area contributed by atoms with Crippen molar-refractivity contribution in [3.05, 3.63) is 75.7 Å². The Morgan fingerprint density at radius 3 is 2.47 bits per heavy atom. The maximum Gasteiger partial charge on any atom is 0.293 e. The van der Waals surface area contributed by atoms with Gasteiger partial charge in [0.1, 0.15) is 0 Å². The van der Waals surface area contributed by atoms with Crippen LogP contribution in [0.5, 0.6) is 0 Å². The Bertz CT molecular complexity index is 1120. The highest BCUT2D eigenvalue weighted by atomic mass is 32.2. The molecule has 1 saturated heterocycles. The van der Waals surface area contributed by atoms with Gasteiger partial charge in [-0.3, -0.25) is 24.2 Å². The van der Waals surface area contributed by atoms with Crippen LogP contribution in [0, 0.1) is 0 Å². The summed E-state index contributed by atoms with van der Waals surface area (Å²) in [6.07, 6.45) is 2.69. The van der Waals surface area contributed by atoms with Crippen LogP contribution in [0.4, 0.5) is 4.79 Å². The van der Waals surface area contributed by atoms with Crippen LogP contribution in [0.3, 0.4) is 0 Å². The number of imide groups is 1. The van der Waals surface area contributed by atoms with Gasteiger partial charge in [-0.2, -0.15) is 0 Å². The molecular weight excluding hydrogens is 446 g/mol. The van der Waals surface area contributed by atoms with Crippen LogP contribution in [-0.4, -0.2) is 53.0 Å². The zero-order valence-electron chi connectivity index (χ0n) is 20.0. The van der Waals surface area contributed by atoms with Crippen molar-refractivity contribution in [1.29, 1.82) is 0 Å². The molecule has 0 bridgehead atoms. The van der Waals surface area contributed by atoms with Gasteiger partial charge >= 0.3 is 0 Å². The third-order valence-corrected chi connectivity index (χ3v) is 7.09. The van der Waals surface area contributed by atoms with E-state index in [1.165, 1.54) is 21.6 Å². The van der Waals surface area contributed by atoms with Crippen molar-refractivity contribution < 1.29 is 14.4 Å². The number of rotatable bonds is 6. The minimum atomic E-state index is -0.309. The first-order valence-corrected chi connectivity index (χ1v) is 12.4. The molecule has 2 aromatic rings. The summed E-state index contributed by atoms with van der Waals surface area (Å²) in [5.74, 6) is -0.405. The van der Waals surface area contributed by atoms with Gasteiger partial charge in [0.2, 0.25) is 5.91 Å². The summed E-state index contributed by atoms with van der Waals surface area (Å²) in [6.45, 7) is 8.77. The molecule has 0 aliphatic carbocycles. The number of thioether (sulfide) groups is 1. The molecule has 2 aliphatic heterocycles. The highest BCUT2D eigenvalue weighted by Crippen LogP contribution is 2.32. The minimum Gasteiger partial charge on any atom is -0.353 e. The van der Waals surface area contributed by atoms with E-state index >= 15 is 0 Å². The second-order valence-electron chi connectivity index (χ2n) is 9.78. The number of nitrogens with zero attached hydrogens (tertiary/aromatic N) is 2. The highest BCUT2D eigenvalue weighted by molar-refractivity contribution is 8.18. The molecule has 0 atom stereocenters. The minimum absolute atomic E-state index is 0.0548. The fourth-order valence-electron chi connectivity index (χ4n) is 4.18. The molecule has 0 saturated carbocycles. The molecule has 7 heteroatoms. The summed E-state index contributed by atoms with van der Waals surface area (Å²) in [6, 6.07) is 16.3. The van der Waals surface area contributed by atoms with Crippen LogP contribution >= 0.6 is 11.8 Å². The molecular formula is C27H31N3O3S. The second kappa shape index (κ2) is 10.2. The first kappa shape index (κ1) is 24.2. The van der Waals surface area contributed by atoms with Gasteiger partial charge in [-0.25, -0.2) is 0 Å². The predicted molar refractivity (Wildman–Crippen MR) is 136 cm³/mol. The van der Waals surface area contributed by atoms with E-state index in [9.17, 15) is 14.4 Å². The molecule has 4 rings (SSSR count). The van der Waals surface area contributed by atoms with Crippen molar-refractivity contribution in [2.75, 3.05) is 26.2 Å². The Morgan fingerprint density at radius 1 is 1.06 bits per heavy atom. The first-order chi connectivity index (χ1) is 16.2. The lowest BCUT2D eigenvalue weighted by molar-refractivity contribution is -0.124. The lowest BCUT2D eigenvalue weighted by Crippen LogP contribution is -2.42. The topological polar surface area (TPSA) is 69.7 Å². The normalized spacial score (nSPS) is 17.9. The van der Waals surface area contributed by atoms with Crippen LogP contribution in [0.15, 0.2) is 53.4 Å². The van der Waals surface area contributed by atoms with E-state index in [1.807, 2.05) is 36.4 Å². The maximum atomic E-state index is 12.8. The van der Waals surface area contributed by atoms with Crippen LogP contribution in [0.1, 0.15) is 43.0 Å². The summed E-state index contributed by atoms with van der Waals surface area (Å²) in [7, 11) is 0. The number of benzene rings is 2. The van der Waals surface area contributed by atoms with Gasteiger partial charge < -0.3 is 5.32 Å². The van der Waals surface area contributed by atoms with Gasteiger partial charge in [0.05, 0.1) is 11.4 Å². The number of nitrogens with one attached hydrogen (secondary N) is 1. The van der Waals surface area contributed by atoms with E-state index in [1.54, 1.807) is 6.08 Å². The maximum absolute atomic E-state index is 12.8. The molecule has 2 heterocycles. The molecule has 0 aromatic heterocycles. The summed E-state index contributed by atoms with van der Waals surface area (Å²) < 4.78 is 0. The van der Waals surface area contributed by atoms with Crippen LogP contribution in [0.25, 0.3) is 6.08 Å². The first-order valence-electron chi connectivity index (χ1n) is 11.6. The SMILES string of the molecule is CC(C)(C)c1ccc(/C=C2\SC(=O)N(CCNC(=O)CN3CCc4ccccc4C3)C2=O)cc1. The molecule has 178 valence electrons. The molecule has 1 fully saturated rings. The molecule has 34 heavy (non-hydrogen) atoms. The van der Waals surface area contributed by atoms with E-state index < -0.39 is 0 Å². The molecule has 2 aliphatic rings. The number of hydrogen-bond donors (Lipinski definition) is 1. The Labute approximate surface area is 205 Å². The lowest BCUT2D eigenvalue weighted by Gasteiger charge is -2.28. The van der Waals surface area contributed by atoms with Crippen molar-refractivity contribution in [2.45, 2.75) is 39.2 Å². The fraction of sp³-hybridized carbons (Fsp3) is 0.370. The highest BCUT2D eigenvalue weighted by Gasteiger charge is 2.34. The van der Waals surface area contributed by atoms with E-state index in [-0.39, 0.29) is 35.6 Å². The number of fused-ring (bicyclic) bond motifs is 1. The Balaban J connectivity index is 1.27. The Hall–Kier alpha value is -2.90. The lowest BCUT2D eigenvalue weighted by atomic mass is 9.87. The van der Waals surface area contributed by atoms with E-state index in [0.29, 0.717) is 11.4 Å². The summed E-state index contributed by atoms with van der Waals surface area (Å²) >= 11 is 0.945. The smallest absolute Gasteiger partial charge is 0.293 e. The zero-order chi connectivity index (χ0) is 24.3. The van der Waals surface area contributed by atoms with Crippen molar-refractivity contribution in [2.24, 2.45) is 0 Å². The number of hydrogen-bond acceptors (Lipinski definition) is 5. The Morgan fingerprint density at radius 2 is 1.76 bits per heavy atom. The van der Waals surface area contributed by atoms with E-state index in [4.69, 9.17) is 0 Å². The van der Waals surface area contributed by atoms with E-state index in [2.05, 4.69) is 43.1 Å². The van der Waals surface area contributed by atoms with E-state index in [0.717, 1.165) is 36.8 Å². The summed E-state index contributed by atoms with van der Waals surface area (Å²) in [4.78, 5) is 41.3. The summed E-state index contributed by atoms with van der Waals surface area (Å²) in [5, 5.41) is 2.55. The standard InChI is InChI=1S/C27H31N3O3S/c1-27(2,3)22-10-8-19(9-11-22)16-23-25(32)30(26(33)34-23)15-13-28-24(31)18-29-14-12-20-6-4-5-7-21(20)17-29/h4-11,16H,12-15,17-18H2,1-3H3,(H,28,31)/b23-16-. The van der Waals surface area contributed by atoms with Gasteiger partial charge in [0, 0.05) is 26.2 Å². The van der Waals surface area contributed by atoms with Crippen molar-refractivity contribution in [3.8, 4) is 0 Å². The number of carbonyl (C=O) groups excluding carboxylic acids is 3. The van der Waals surface area contributed by atoms with Crippen LogP contribution < -0.4 is 5.32 Å². The number of amides is 3. The second-order valence-corrected chi connectivity index (χ2v) is 10.8. The van der Waals surface area contributed by atoms with Gasteiger partial charge in [-0.05, 0) is 51.9 Å². The van der Waals surface area contributed by atoms with Gasteiger partial charge in [-0.1, -0.05) is 69.3 Å².